The van der Waals surface area contributed by atoms with E-state index in [1.165, 1.54) is 0 Å². The number of aromatic nitrogens is 5. The highest BCUT2D eigenvalue weighted by molar-refractivity contribution is 5.95. The maximum atomic E-state index is 5.49. The molecular weight excluding hydrogens is 342 g/mol. The minimum Gasteiger partial charge on any atom is -0.454 e. The molecule has 1 aliphatic rings. The second-order valence-corrected chi connectivity index (χ2v) is 7.10. The van der Waals surface area contributed by atoms with Crippen molar-refractivity contribution in [1.82, 2.24) is 25.4 Å². The summed E-state index contributed by atoms with van der Waals surface area (Å²) in [6.45, 7) is 4.59. The first-order valence-electron chi connectivity index (χ1n) is 8.97. The molecular formula is C20H19N5O2. The lowest BCUT2D eigenvalue weighted by molar-refractivity contribution is 0.174. The third kappa shape index (κ3) is 2.81. The highest BCUT2D eigenvalue weighted by atomic mass is 16.7. The first-order valence-corrected chi connectivity index (χ1v) is 8.97. The largest absolute Gasteiger partial charge is 0.454 e. The quantitative estimate of drug-likeness (QED) is 0.575. The van der Waals surface area contributed by atoms with Crippen molar-refractivity contribution in [3.05, 3.63) is 42.2 Å². The van der Waals surface area contributed by atoms with Crippen LogP contribution in [-0.4, -0.2) is 32.2 Å². The van der Waals surface area contributed by atoms with E-state index in [2.05, 4.69) is 45.3 Å². The second kappa shape index (κ2) is 6.12. The van der Waals surface area contributed by atoms with Crippen LogP contribution in [-0.2, 0) is 6.42 Å². The zero-order valence-electron chi connectivity index (χ0n) is 15.1. The van der Waals surface area contributed by atoms with Crippen molar-refractivity contribution in [3.63, 3.8) is 0 Å². The molecule has 7 heteroatoms. The lowest BCUT2D eigenvalue weighted by atomic mass is 10.0. The number of aromatic amines is 2. The summed E-state index contributed by atoms with van der Waals surface area (Å²) in [6, 6.07) is 11.9. The van der Waals surface area contributed by atoms with Gasteiger partial charge in [-0.1, -0.05) is 13.8 Å². The number of ether oxygens (including phenoxy) is 2. The number of hydrogen-bond acceptors (Lipinski definition) is 5. The van der Waals surface area contributed by atoms with Gasteiger partial charge in [-0.3, -0.25) is 10.2 Å². The van der Waals surface area contributed by atoms with E-state index < -0.39 is 0 Å². The van der Waals surface area contributed by atoms with Gasteiger partial charge in [-0.25, -0.2) is 4.98 Å². The lowest BCUT2D eigenvalue weighted by Crippen LogP contribution is -1.95. The van der Waals surface area contributed by atoms with Crippen LogP contribution in [0.5, 0.6) is 11.5 Å². The molecule has 0 spiro atoms. The molecule has 0 atom stereocenters. The van der Waals surface area contributed by atoms with E-state index in [9.17, 15) is 0 Å². The zero-order chi connectivity index (χ0) is 18.4. The topological polar surface area (TPSA) is 88.7 Å². The summed E-state index contributed by atoms with van der Waals surface area (Å²) in [5, 5.41) is 16.0. The van der Waals surface area contributed by atoms with E-state index in [0.29, 0.717) is 11.7 Å². The third-order valence-corrected chi connectivity index (χ3v) is 4.60. The number of nitrogens with zero attached hydrogens (tertiary/aromatic N) is 3. The Morgan fingerprint density at radius 2 is 1.81 bits per heavy atom. The molecule has 2 aromatic heterocycles. The Bertz CT molecular complexity index is 1130. The van der Waals surface area contributed by atoms with Crippen molar-refractivity contribution in [2.75, 3.05) is 6.79 Å². The van der Waals surface area contributed by atoms with E-state index >= 15 is 0 Å². The molecule has 2 N–H and O–H groups in total. The van der Waals surface area contributed by atoms with Crippen LogP contribution < -0.4 is 9.47 Å². The van der Waals surface area contributed by atoms with Crippen LogP contribution in [0.3, 0.4) is 0 Å². The van der Waals surface area contributed by atoms with Gasteiger partial charge in [-0.15, -0.1) is 0 Å². The summed E-state index contributed by atoms with van der Waals surface area (Å²) in [7, 11) is 0. The fourth-order valence-electron chi connectivity index (χ4n) is 3.32. The molecule has 5 rings (SSSR count). The molecule has 0 saturated carbocycles. The first-order chi connectivity index (χ1) is 13.2. The van der Waals surface area contributed by atoms with Crippen molar-refractivity contribution < 1.29 is 9.47 Å². The first kappa shape index (κ1) is 15.9. The van der Waals surface area contributed by atoms with Crippen LogP contribution in [0.15, 0.2) is 36.4 Å². The number of H-pyrrole nitrogens is 2. The van der Waals surface area contributed by atoms with Gasteiger partial charge < -0.3 is 9.47 Å². The molecule has 4 aromatic rings. The van der Waals surface area contributed by atoms with Gasteiger partial charge in [0.25, 0.3) is 0 Å². The van der Waals surface area contributed by atoms with Crippen LogP contribution >= 0.6 is 0 Å². The summed E-state index contributed by atoms with van der Waals surface area (Å²) >= 11 is 0. The molecule has 7 nitrogen and oxygen atoms in total. The molecule has 0 bridgehead atoms. The Morgan fingerprint density at radius 1 is 0.963 bits per heavy atom. The highest BCUT2D eigenvalue weighted by Crippen LogP contribution is 2.37. The second-order valence-electron chi connectivity index (χ2n) is 7.10. The van der Waals surface area contributed by atoms with Gasteiger partial charge >= 0.3 is 0 Å². The lowest BCUT2D eigenvalue weighted by Gasteiger charge is -2.02. The molecule has 3 heterocycles. The fraction of sp³-hybridized carbons (Fsp3) is 0.250. The average Bonchev–Trinajstić information content (AvgIpc) is 3.39. The summed E-state index contributed by atoms with van der Waals surface area (Å²) < 4.78 is 10.9. The number of fused-ring (bicyclic) bond motifs is 2. The highest BCUT2D eigenvalue weighted by Gasteiger charge is 2.17. The maximum Gasteiger partial charge on any atom is 0.231 e. The molecule has 136 valence electrons. The van der Waals surface area contributed by atoms with E-state index in [4.69, 9.17) is 9.47 Å². The van der Waals surface area contributed by atoms with Gasteiger partial charge in [-0.05, 0) is 42.3 Å². The Kier molecular flexibility index (Phi) is 3.60. The molecule has 0 amide bonds. The number of nitrogens with one attached hydrogen (secondary N) is 2. The van der Waals surface area contributed by atoms with Crippen molar-refractivity contribution >= 4 is 10.9 Å². The van der Waals surface area contributed by atoms with Gasteiger partial charge in [0.1, 0.15) is 11.5 Å². The van der Waals surface area contributed by atoms with E-state index in [-0.39, 0.29) is 6.79 Å². The van der Waals surface area contributed by atoms with Crippen LogP contribution in [0, 0.1) is 5.92 Å². The van der Waals surface area contributed by atoms with Gasteiger partial charge in [-0.2, -0.15) is 10.2 Å². The number of hydrogen-bond donors (Lipinski definition) is 2. The van der Waals surface area contributed by atoms with Crippen LogP contribution in [0.1, 0.15) is 19.7 Å². The van der Waals surface area contributed by atoms with Gasteiger partial charge in [0.05, 0.1) is 5.52 Å². The maximum absolute atomic E-state index is 5.49. The van der Waals surface area contributed by atoms with E-state index in [1.54, 1.807) is 0 Å². The van der Waals surface area contributed by atoms with Crippen molar-refractivity contribution in [2.45, 2.75) is 20.3 Å². The van der Waals surface area contributed by atoms with Crippen LogP contribution in [0.4, 0.5) is 0 Å². The minimum atomic E-state index is 0.258. The summed E-state index contributed by atoms with van der Waals surface area (Å²) in [4.78, 5) is 4.63. The molecule has 2 aromatic carbocycles. The number of benzene rings is 2. The molecule has 27 heavy (non-hydrogen) atoms. The Hall–Kier alpha value is -3.35. The molecule has 0 saturated heterocycles. The predicted octanol–water partition coefficient (Wildman–Crippen LogP) is 3.94. The molecule has 0 fully saturated rings. The van der Waals surface area contributed by atoms with Gasteiger partial charge in [0.15, 0.2) is 17.3 Å². The Labute approximate surface area is 155 Å². The monoisotopic (exact) mass is 361 g/mol. The zero-order valence-corrected chi connectivity index (χ0v) is 15.1. The van der Waals surface area contributed by atoms with Gasteiger partial charge in [0, 0.05) is 22.9 Å². The van der Waals surface area contributed by atoms with E-state index in [1.807, 2.05) is 30.3 Å². The average molecular weight is 361 g/mol. The Morgan fingerprint density at radius 3 is 2.70 bits per heavy atom. The fourth-order valence-corrected chi connectivity index (χ4v) is 3.32. The van der Waals surface area contributed by atoms with Crippen molar-refractivity contribution in [2.24, 2.45) is 5.92 Å². The van der Waals surface area contributed by atoms with Gasteiger partial charge in [0.2, 0.25) is 6.79 Å². The minimum absolute atomic E-state index is 0.258. The molecule has 0 aliphatic carbocycles. The van der Waals surface area contributed by atoms with Crippen LogP contribution in [0.25, 0.3) is 33.5 Å². The normalized spacial score (nSPS) is 13.0. The summed E-state index contributed by atoms with van der Waals surface area (Å²) in [5.41, 5.74) is 3.75. The Balaban J connectivity index is 1.56. The SMILES string of the molecule is CC(C)Cc1nc(-c2ccc3[nH]nc(-c4ccc5c(c4)OCO5)c3c2)n[nH]1. The number of rotatable bonds is 4. The summed E-state index contributed by atoms with van der Waals surface area (Å²) in [5.74, 6) is 3.64. The third-order valence-electron chi connectivity index (χ3n) is 4.60. The van der Waals surface area contributed by atoms with Crippen LogP contribution in [0.2, 0.25) is 0 Å². The standard InChI is InChI=1S/C20H19N5O2/c1-11(2)7-18-21-20(25-23-18)13-3-5-15-14(8-13)19(24-22-15)12-4-6-16-17(9-12)27-10-26-16/h3-6,8-9,11H,7,10H2,1-2H3,(H,22,24)(H,21,23,25). The molecule has 1 aliphatic heterocycles. The van der Waals surface area contributed by atoms with Crippen molar-refractivity contribution in [1.29, 1.82) is 0 Å². The molecule has 0 radical (unpaired) electrons. The van der Waals surface area contributed by atoms with Crippen molar-refractivity contribution in [3.8, 4) is 34.1 Å². The molecule has 0 unspecified atom stereocenters. The predicted molar refractivity (Wildman–Crippen MR) is 102 cm³/mol. The summed E-state index contributed by atoms with van der Waals surface area (Å²) in [6.07, 6.45) is 0.878. The smallest absolute Gasteiger partial charge is 0.231 e. The van der Waals surface area contributed by atoms with E-state index in [0.717, 1.165) is 51.5 Å².